The minimum absolute atomic E-state index is 0.0127. The Bertz CT molecular complexity index is 221. The molecule has 0 aliphatic carbocycles. The van der Waals surface area contributed by atoms with Crippen molar-refractivity contribution >= 4 is 18.4 Å². The van der Waals surface area contributed by atoms with E-state index < -0.39 is 18.4 Å². The maximum Gasteiger partial charge on any atom is 0.405 e. The Morgan fingerprint density at radius 3 is 2.27 bits per heavy atom. The van der Waals surface area contributed by atoms with Crippen LogP contribution in [0, 0.1) is 0 Å². The van der Waals surface area contributed by atoms with Crippen LogP contribution in [0.3, 0.4) is 0 Å². The molecule has 0 bridgehead atoms. The van der Waals surface area contributed by atoms with Gasteiger partial charge in [-0.15, -0.1) is 0 Å². The summed E-state index contributed by atoms with van der Waals surface area (Å²) in [4.78, 5) is 0. The van der Waals surface area contributed by atoms with Crippen LogP contribution in [-0.2, 0) is 23.1 Å². The van der Waals surface area contributed by atoms with Crippen LogP contribution >= 0.6 is 8.03 Å². The lowest BCUT2D eigenvalue weighted by atomic mass is 10.9. The predicted octanol–water partition coefficient (Wildman–Crippen LogP) is 0.779. The summed E-state index contributed by atoms with van der Waals surface area (Å²) in [5.41, 5.74) is 0. The van der Waals surface area contributed by atoms with E-state index in [-0.39, 0.29) is 12.8 Å². The predicted molar refractivity (Wildman–Crippen MR) is 41.2 cm³/mol. The first-order chi connectivity index (χ1) is 5.02. The molecule has 0 aromatic carbocycles. The minimum atomic E-state index is -4.01. The molecular formula is C4H11O5PS. The van der Waals surface area contributed by atoms with Crippen LogP contribution in [0.2, 0.25) is 0 Å². The highest BCUT2D eigenvalue weighted by Gasteiger charge is 2.13. The van der Waals surface area contributed by atoms with Gasteiger partial charge in [-0.1, -0.05) is 6.92 Å². The molecule has 68 valence electrons. The summed E-state index contributed by atoms with van der Waals surface area (Å²) < 4.78 is 40.1. The van der Waals surface area contributed by atoms with Gasteiger partial charge in [0.15, 0.2) is 0 Å². The van der Waals surface area contributed by atoms with Crippen molar-refractivity contribution in [2.24, 2.45) is 0 Å². The normalized spacial score (nSPS) is 14.7. The van der Waals surface area contributed by atoms with Gasteiger partial charge in [0.05, 0.1) is 6.61 Å². The molecule has 0 fully saturated rings. The molecule has 0 aliphatic rings. The molecule has 0 saturated carbocycles. The standard InChI is InChI=1S/C4H11O5PS/c1-3-8-11(6,7)9-10(5)4-2/h10H,3-4H2,1-2H3. The van der Waals surface area contributed by atoms with Gasteiger partial charge >= 0.3 is 10.4 Å². The first kappa shape index (κ1) is 11.1. The Balaban J connectivity index is 4.03. The third-order valence-corrected chi connectivity index (χ3v) is 3.41. The van der Waals surface area contributed by atoms with Gasteiger partial charge in [-0.25, -0.2) is 4.18 Å². The van der Waals surface area contributed by atoms with E-state index in [9.17, 15) is 13.0 Å². The van der Waals surface area contributed by atoms with E-state index in [0.717, 1.165) is 0 Å². The summed E-state index contributed by atoms with van der Waals surface area (Å²) in [7, 11) is -6.48. The highest BCUT2D eigenvalue weighted by molar-refractivity contribution is 7.85. The van der Waals surface area contributed by atoms with E-state index in [2.05, 4.69) is 8.15 Å². The average Bonchev–Trinajstić information content (AvgIpc) is 1.86. The van der Waals surface area contributed by atoms with Crippen molar-refractivity contribution in [1.82, 2.24) is 0 Å². The van der Waals surface area contributed by atoms with E-state index in [1.54, 1.807) is 6.92 Å². The van der Waals surface area contributed by atoms with E-state index in [1.165, 1.54) is 6.92 Å². The minimum Gasteiger partial charge on any atom is -0.295 e. The second kappa shape index (κ2) is 4.87. The van der Waals surface area contributed by atoms with Gasteiger partial charge in [-0.2, -0.15) is 12.4 Å². The van der Waals surface area contributed by atoms with Gasteiger partial charge in [0, 0.05) is 6.16 Å². The van der Waals surface area contributed by atoms with Gasteiger partial charge in [0.25, 0.3) is 0 Å². The van der Waals surface area contributed by atoms with E-state index >= 15 is 0 Å². The number of hydrogen-bond donors (Lipinski definition) is 0. The van der Waals surface area contributed by atoms with Crippen molar-refractivity contribution in [3.63, 3.8) is 0 Å². The smallest absolute Gasteiger partial charge is 0.295 e. The molecule has 0 heterocycles. The molecule has 0 aromatic rings. The Hall–Kier alpha value is 0.1000. The zero-order valence-electron chi connectivity index (χ0n) is 6.36. The van der Waals surface area contributed by atoms with Gasteiger partial charge < -0.3 is 0 Å². The molecule has 0 aliphatic heterocycles. The average molecular weight is 202 g/mol. The maximum atomic E-state index is 10.6. The van der Waals surface area contributed by atoms with Gasteiger partial charge in [-0.3, -0.25) is 4.57 Å². The van der Waals surface area contributed by atoms with Crippen molar-refractivity contribution in [3.05, 3.63) is 0 Å². The molecule has 0 radical (unpaired) electrons. The van der Waals surface area contributed by atoms with Crippen LogP contribution < -0.4 is 0 Å². The Morgan fingerprint density at radius 1 is 1.36 bits per heavy atom. The summed E-state index contributed by atoms with van der Waals surface area (Å²) in [5, 5.41) is 0. The summed E-state index contributed by atoms with van der Waals surface area (Å²) in [5.74, 6) is 0. The van der Waals surface area contributed by atoms with Crippen molar-refractivity contribution in [2.45, 2.75) is 13.8 Å². The molecule has 7 heteroatoms. The lowest BCUT2D eigenvalue weighted by Gasteiger charge is -2.01. The van der Waals surface area contributed by atoms with Crippen molar-refractivity contribution < 1.29 is 21.1 Å². The van der Waals surface area contributed by atoms with E-state index in [4.69, 9.17) is 0 Å². The van der Waals surface area contributed by atoms with Crippen LogP contribution in [0.4, 0.5) is 0 Å². The van der Waals surface area contributed by atoms with Crippen LogP contribution in [-0.4, -0.2) is 21.2 Å². The fourth-order valence-corrected chi connectivity index (χ4v) is 2.20. The maximum absolute atomic E-state index is 10.6. The Kier molecular flexibility index (Phi) is 4.92. The summed E-state index contributed by atoms with van der Waals surface area (Å²) in [6, 6.07) is 0. The molecule has 0 aromatic heterocycles. The largest absolute Gasteiger partial charge is 0.405 e. The quantitative estimate of drug-likeness (QED) is 0.616. The zero-order chi connectivity index (χ0) is 8.91. The fourth-order valence-electron chi connectivity index (χ4n) is 0.341. The topological polar surface area (TPSA) is 69.7 Å². The first-order valence-corrected chi connectivity index (χ1v) is 5.99. The summed E-state index contributed by atoms with van der Waals surface area (Å²) in [6.07, 6.45) is 0.191. The molecule has 11 heavy (non-hydrogen) atoms. The second-order valence-electron chi connectivity index (χ2n) is 1.62. The second-order valence-corrected chi connectivity index (χ2v) is 4.79. The highest BCUT2D eigenvalue weighted by Crippen LogP contribution is 2.24. The highest BCUT2D eigenvalue weighted by atomic mass is 32.3. The number of hydrogen-bond acceptors (Lipinski definition) is 5. The molecule has 0 saturated heterocycles. The van der Waals surface area contributed by atoms with Crippen LogP contribution in [0.25, 0.3) is 0 Å². The Labute approximate surface area is 66.9 Å². The molecule has 1 atom stereocenters. The first-order valence-electron chi connectivity index (χ1n) is 3.13. The molecule has 1 unspecified atom stereocenters. The van der Waals surface area contributed by atoms with Crippen LogP contribution in [0.1, 0.15) is 13.8 Å². The third-order valence-electron chi connectivity index (χ3n) is 0.746. The summed E-state index contributed by atoms with van der Waals surface area (Å²) in [6.45, 7) is 3.06. The number of rotatable bonds is 5. The fraction of sp³-hybridized carbons (Fsp3) is 1.00. The summed E-state index contributed by atoms with van der Waals surface area (Å²) >= 11 is 0. The molecule has 0 amide bonds. The monoisotopic (exact) mass is 202 g/mol. The van der Waals surface area contributed by atoms with Crippen molar-refractivity contribution in [1.29, 1.82) is 0 Å². The van der Waals surface area contributed by atoms with Crippen LogP contribution in [0.5, 0.6) is 0 Å². The zero-order valence-corrected chi connectivity index (χ0v) is 8.18. The molecule has 0 spiro atoms. The van der Waals surface area contributed by atoms with Gasteiger partial charge in [0.1, 0.15) is 0 Å². The molecule has 0 rings (SSSR count). The van der Waals surface area contributed by atoms with Gasteiger partial charge in [-0.05, 0) is 6.92 Å². The SMILES string of the molecule is CCOS(=O)(=O)O[PH](=O)CC. The lowest BCUT2D eigenvalue weighted by molar-refractivity contribution is 0.291. The van der Waals surface area contributed by atoms with Crippen LogP contribution in [0.15, 0.2) is 0 Å². The molecule has 5 nitrogen and oxygen atoms in total. The molecular weight excluding hydrogens is 191 g/mol. The van der Waals surface area contributed by atoms with Gasteiger partial charge in [0.2, 0.25) is 8.03 Å². The van der Waals surface area contributed by atoms with E-state index in [0.29, 0.717) is 0 Å². The van der Waals surface area contributed by atoms with Crippen molar-refractivity contribution in [2.75, 3.05) is 12.8 Å². The third kappa shape index (κ3) is 5.38. The molecule has 0 N–H and O–H groups in total. The van der Waals surface area contributed by atoms with E-state index in [1.807, 2.05) is 0 Å². The van der Waals surface area contributed by atoms with Crippen molar-refractivity contribution in [3.8, 4) is 0 Å². The Morgan fingerprint density at radius 2 is 1.91 bits per heavy atom. The lowest BCUT2D eigenvalue weighted by Crippen LogP contribution is -2.05.